The zero-order valence-corrected chi connectivity index (χ0v) is 17.0. The minimum Gasteiger partial charge on any atom is -0.496 e. The van der Waals surface area contributed by atoms with Crippen molar-refractivity contribution in [2.45, 2.75) is 18.0 Å². The van der Waals surface area contributed by atoms with Gasteiger partial charge in [0.05, 0.1) is 28.8 Å². The van der Waals surface area contributed by atoms with E-state index in [1.807, 2.05) is 19.1 Å². The summed E-state index contributed by atoms with van der Waals surface area (Å²) in [6, 6.07) is 11.6. The molecule has 1 heterocycles. The highest BCUT2D eigenvalue weighted by molar-refractivity contribution is 8.00. The lowest BCUT2D eigenvalue weighted by Crippen LogP contribution is -2.05. The third-order valence-electron chi connectivity index (χ3n) is 4.03. The van der Waals surface area contributed by atoms with E-state index >= 15 is 0 Å². The lowest BCUT2D eigenvalue weighted by molar-refractivity contribution is -0.137. The fourth-order valence-corrected chi connectivity index (χ4v) is 4.33. The van der Waals surface area contributed by atoms with E-state index in [9.17, 15) is 23.1 Å². The predicted octanol–water partition coefficient (Wildman–Crippen LogP) is 6.57. The molecule has 1 aromatic heterocycles. The summed E-state index contributed by atoms with van der Waals surface area (Å²) in [6.07, 6.45) is -4.48. The van der Waals surface area contributed by atoms with Gasteiger partial charge in [0, 0.05) is 15.3 Å². The van der Waals surface area contributed by atoms with E-state index in [1.165, 1.54) is 42.7 Å². The molecule has 3 aromatic rings. The van der Waals surface area contributed by atoms with Crippen LogP contribution in [0.2, 0.25) is 0 Å². The molecule has 0 unspecified atom stereocenters. The molecule has 0 aliphatic carbocycles. The monoisotopic (exact) mass is 439 g/mol. The molecule has 0 saturated carbocycles. The Labute approximate surface area is 173 Å². The summed E-state index contributed by atoms with van der Waals surface area (Å²) in [5.74, 6) is -0.698. The number of anilines is 1. The molecule has 0 spiro atoms. The standard InChI is InChI=1S/C20H16F3NO3S2/c1-11-3-8-17(28-11)14-6-5-13(20(21,22)23)10-15(14)24-29-18-9-12(19(25)26)4-7-16(18)27-2/h3-10,24H,1-2H3,(H,25,26). The third-order valence-corrected chi connectivity index (χ3v) is 5.93. The van der Waals surface area contributed by atoms with Crippen molar-refractivity contribution in [3.8, 4) is 16.2 Å². The van der Waals surface area contributed by atoms with Crippen molar-refractivity contribution in [2.24, 2.45) is 0 Å². The molecule has 0 saturated heterocycles. The lowest BCUT2D eigenvalue weighted by atomic mass is 10.1. The number of carboxylic acid groups (broad SMARTS) is 1. The highest BCUT2D eigenvalue weighted by atomic mass is 32.2. The smallest absolute Gasteiger partial charge is 0.416 e. The van der Waals surface area contributed by atoms with Crippen LogP contribution in [0.25, 0.3) is 10.4 Å². The predicted molar refractivity (Wildman–Crippen MR) is 109 cm³/mol. The number of carbonyl (C=O) groups is 1. The SMILES string of the molecule is COc1ccc(C(=O)O)cc1SNc1cc(C(F)(F)F)ccc1-c1ccc(C)s1. The van der Waals surface area contributed by atoms with Gasteiger partial charge in [0.2, 0.25) is 0 Å². The number of hydrogen-bond acceptors (Lipinski definition) is 5. The number of ether oxygens (including phenoxy) is 1. The second-order valence-electron chi connectivity index (χ2n) is 6.04. The van der Waals surface area contributed by atoms with E-state index in [0.29, 0.717) is 16.2 Å². The second-order valence-corrected chi connectivity index (χ2v) is 8.18. The van der Waals surface area contributed by atoms with Crippen LogP contribution in [0.15, 0.2) is 53.4 Å². The number of nitrogens with one attached hydrogen (secondary N) is 1. The molecule has 0 bridgehead atoms. The lowest BCUT2D eigenvalue weighted by Gasteiger charge is -2.15. The van der Waals surface area contributed by atoms with Gasteiger partial charge in [-0.15, -0.1) is 11.3 Å². The Morgan fingerprint density at radius 3 is 2.48 bits per heavy atom. The molecular weight excluding hydrogens is 423 g/mol. The normalized spacial score (nSPS) is 11.3. The summed E-state index contributed by atoms with van der Waals surface area (Å²) in [5.41, 5.74) is 0.170. The molecule has 29 heavy (non-hydrogen) atoms. The van der Waals surface area contributed by atoms with E-state index in [1.54, 1.807) is 0 Å². The molecule has 152 valence electrons. The van der Waals surface area contributed by atoms with Gasteiger partial charge in [-0.1, -0.05) is 6.07 Å². The van der Waals surface area contributed by atoms with E-state index < -0.39 is 17.7 Å². The number of aromatic carboxylic acids is 1. The quantitative estimate of drug-likeness (QED) is 0.426. The number of aryl methyl sites for hydroxylation is 1. The summed E-state index contributed by atoms with van der Waals surface area (Å²) in [6.45, 7) is 1.92. The van der Waals surface area contributed by atoms with Gasteiger partial charge >= 0.3 is 12.1 Å². The molecule has 2 N–H and O–H groups in total. The first-order valence-electron chi connectivity index (χ1n) is 8.31. The van der Waals surface area contributed by atoms with E-state index in [-0.39, 0.29) is 11.3 Å². The molecule has 0 amide bonds. The van der Waals surface area contributed by atoms with Crippen molar-refractivity contribution < 1.29 is 27.8 Å². The summed E-state index contributed by atoms with van der Waals surface area (Å²) in [4.78, 5) is 13.5. The average molecular weight is 439 g/mol. The molecular formula is C20H16F3NO3S2. The van der Waals surface area contributed by atoms with Crippen LogP contribution in [0.5, 0.6) is 5.75 Å². The van der Waals surface area contributed by atoms with Gasteiger partial charge < -0.3 is 14.6 Å². The number of thiophene rings is 1. The van der Waals surface area contributed by atoms with Gasteiger partial charge in [-0.2, -0.15) is 13.2 Å². The maximum Gasteiger partial charge on any atom is 0.416 e. The fraction of sp³-hybridized carbons (Fsp3) is 0.150. The first-order valence-corrected chi connectivity index (χ1v) is 9.94. The first kappa shape index (κ1) is 21.1. The van der Waals surface area contributed by atoms with Gasteiger partial charge in [-0.3, -0.25) is 0 Å². The van der Waals surface area contributed by atoms with Crippen LogP contribution >= 0.6 is 23.3 Å². The van der Waals surface area contributed by atoms with Crippen LogP contribution < -0.4 is 9.46 Å². The van der Waals surface area contributed by atoms with Crippen LogP contribution in [0.3, 0.4) is 0 Å². The zero-order chi connectivity index (χ0) is 21.2. The molecule has 0 aliphatic heterocycles. The van der Waals surface area contributed by atoms with Crippen LogP contribution in [0.1, 0.15) is 20.8 Å². The summed E-state index contributed by atoms with van der Waals surface area (Å²) >= 11 is 2.46. The summed E-state index contributed by atoms with van der Waals surface area (Å²) in [7, 11) is 1.43. The largest absolute Gasteiger partial charge is 0.496 e. The number of halogens is 3. The number of benzene rings is 2. The number of rotatable bonds is 6. The Bertz CT molecular complexity index is 1050. The zero-order valence-electron chi connectivity index (χ0n) is 15.3. The topological polar surface area (TPSA) is 58.6 Å². The Morgan fingerprint density at radius 1 is 1.14 bits per heavy atom. The Morgan fingerprint density at radius 2 is 1.90 bits per heavy atom. The Hall–Kier alpha value is -2.65. The second kappa shape index (κ2) is 8.38. The van der Waals surface area contributed by atoms with Gasteiger partial charge in [-0.05, 0) is 61.3 Å². The van der Waals surface area contributed by atoms with Crippen LogP contribution in [-0.4, -0.2) is 18.2 Å². The van der Waals surface area contributed by atoms with Gasteiger partial charge in [0.25, 0.3) is 0 Å². The van der Waals surface area contributed by atoms with Crippen molar-refractivity contribution in [3.63, 3.8) is 0 Å². The van der Waals surface area contributed by atoms with Crippen molar-refractivity contribution in [1.82, 2.24) is 0 Å². The molecule has 0 atom stereocenters. The third kappa shape index (κ3) is 4.86. The molecule has 2 aromatic carbocycles. The number of carboxylic acids is 1. The Balaban J connectivity index is 1.99. The summed E-state index contributed by atoms with van der Waals surface area (Å²) in [5, 5.41) is 9.19. The van der Waals surface area contributed by atoms with E-state index in [0.717, 1.165) is 33.8 Å². The van der Waals surface area contributed by atoms with Crippen molar-refractivity contribution in [1.29, 1.82) is 0 Å². The van der Waals surface area contributed by atoms with Crippen LogP contribution in [-0.2, 0) is 6.18 Å². The Kier molecular flexibility index (Phi) is 6.09. The fourth-order valence-electron chi connectivity index (χ4n) is 2.60. The molecule has 9 heteroatoms. The average Bonchev–Trinajstić information content (AvgIpc) is 3.11. The maximum atomic E-state index is 13.2. The van der Waals surface area contributed by atoms with E-state index in [4.69, 9.17) is 4.74 Å². The van der Waals surface area contributed by atoms with Crippen molar-refractivity contribution >= 4 is 34.9 Å². The maximum absolute atomic E-state index is 13.2. The van der Waals surface area contributed by atoms with Crippen molar-refractivity contribution in [3.05, 3.63) is 64.5 Å². The van der Waals surface area contributed by atoms with Gasteiger partial charge in [0.15, 0.2) is 0 Å². The van der Waals surface area contributed by atoms with Crippen LogP contribution in [0.4, 0.5) is 18.9 Å². The molecule has 4 nitrogen and oxygen atoms in total. The molecule has 0 radical (unpaired) electrons. The summed E-state index contributed by atoms with van der Waals surface area (Å²) < 4.78 is 47.8. The minimum atomic E-state index is -4.48. The first-order chi connectivity index (χ1) is 13.7. The number of hydrogen-bond donors (Lipinski definition) is 2. The molecule has 3 rings (SSSR count). The van der Waals surface area contributed by atoms with E-state index in [2.05, 4.69) is 4.72 Å². The molecule has 0 fully saturated rings. The number of methoxy groups -OCH3 is 1. The molecule has 0 aliphatic rings. The van der Waals surface area contributed by atoms with Gasteiger partial charge in [0.1, 0.15) is 5.75 Å². The van der Waals surface area contributed by atoms with Crippen molar-refractivity contribution in [2.75, 3.05) is 11.8 Å². The minimum absolute atomic E-state index is 0.0493. The number of alkyl halides is 3. The highest BCUT2D eigenvalue weighted by Gasteiger charge is 2.31. The van der Waals surface area contributed by atoms with Gasteiger partial charge in [-0.25, -0.2) is 4.79 Å². The highest BCUT2D eigenvalue weighted by Crippen LogP contribution is 2.40. The van der Waals surface area contributed by atoms with Crippen LogP contribution in [0, 0.1) is 6.92 Å².